The Morgan fingerprint density at radius 2 is 1.54 bits per heavy atom. The monoisotopic (exact) mass is 397 g/mol. The van der Waals surface area contributed by atoms with Gasteiger partial charge in [0.2, 0.25) is 0 Å². The Balaban J connectivity index is 2.53. The average Bonchev–Trinajstić information content (AvgIpc) is 2.68. The van der Waals surface area contributed by atoms with Crippen LogP contribution in [0.2, 0.25) is 0 Å². The smallest absolute Gasteiger partial charge is 0.428 e. The number of benzene rings is 1. The van der Waals surface area contributed by atoms with Crippen LogP contribution in [0.5, 0.6) is 5.75 Å². The van der Waals surface area contributed by atoms with E-state index in [2.05, 4.69) is 13.8 Å². The zero-order valence-corrected chi connectivity index (χ0v) is 17.0. The first-order valence-electron chi connectivity index (χ1n) is 9.77. The van der Waals surface area contributed by atoms with Crippen molar-refractivity contribution >= 4 is 11.8 Å². The van der Waals surface area contributed by atoms with Crippen LogP contribution in [0.25, 0.3) is 0 Å². The van der Waals surface area contributed by atoms with Gasteiger partial charge in [-0.15, -0.1) is 0 Å². The Bertz CT molecular complexity index is 577. The number of unbranched alkanes of at least 4 members (excludes halogenated alkanes) is 4. The highest BCUT2D eigenvalue weighted by Gasteiger charge is 2.28. The molecule has 0 spiro atoms. The highest BCUT2D eigenvalue weighted by atomic mass is 16.8. The SMILES string of the molecule is CCCCCOC(C)(COC(=O)Oc1ccc([N+](=O)[O-])cc1)OCCCCC. The van der Waals surface area contributed by atoms with Crippen molar-refractivity contribution in [2.24, 2.45) is 0 Å². The minimum atomic E-state index is -1.05. The third-order valence-corrected chi connectivity index (χ3v) is 4.01. The number of nitro groups is 1. The van der Waals surface area contributed by atoms with Crippen LogP contribution in [0.3, 0.4) is 0 Å². The lowest BCUT2D eigenvalue weighted by Gasteiger charge is -2.29. The van der Waals surface area contributed by atoms with Gasteiger partial charge in [0.1, 0.15) is 12.4 Å². The molecule has 0 unspecified atom stereocenters. The van der Waals surface area contributed by atoms with Gasteiger partial charge in [-0.25, -0.2) is 4.79 Å². The largest absolute Gasteiger partial charge is 0.514 e. The molecule has 0 saturated carbocycles. The maximum Gasteiger partial charge on any atom is 0.514 e. The Morgan fingerprint density at radius 1 is 1.00 bits per heavy atom. The van der Waals surface area contributed by atoms with Crippen molar-refractivity contribution in [1.29, 1.82) is 0 Å². The summed E-state index contributed by atoms with van der Waals surface area (Å²) in [6, 6.07) is 5.17. The van der Waals surface area contributed by atoms with Crippen molar-refractivity contribution in [3.8, 4) is 5.75 Å². The first-order chi connectivity index (χ1) is 13.4. The van der Waals surface area contributed by atoms with Crippen molar-refractivity contribution in [1.82, 2.24) is 0 Å². The zero-order valence-electron chi connectivity index (χ0n) is 17.0. The van der Waals surface area contributed by atoms with Gasteiger partial charge in [-0.05, 0) is 31.9 Å². The van der Waals surface area contributed by atoms with E-state index in [1.807, 2.05) is 0 Å². The molecule has 0 aromatic heterocycles. The van der Waals surface area contributed by atoms with Crippen LogP contribution in [-0.2, 0) is 14.2 Å². The van der Waals surface area contributed by atoms with Crippen molar-refractivity contribution in [2.75, 3.05) is 19.8 Å². The van der Waals surface area contributed by atoms with E-state index in [0.717, 1.165) is 38.5 Å². The fraction of sp³-hybridized carbons (Fsp3) is 0.650. The molecule has 0 amide bonds. The number of nitrogens with zero attached hydrogens (tertiary/aromatic N) is 1. The van der Waals surface area contributed by atoms with Gasteiger partial charge in [-0.2, -0.15) is 0 Å². The van der Waals surface area contributed by atoms with Crippen LogP contribution in [-0.4, -0.2) is 36.7 Å². The summed E-state index contributed by atoms with van der Waals surface area (Å²) in [6.45, 7) is 6.87. The maximum absolute atomic E-state index is 11.9. The second-order valence-corrected chi connectivity index (χ2v) is 6.64. The summed E-state index contributed by atoms with van der Waals surface area (Å²) in [6.07, 6.45) is 5.14. The van der Waals surface area contributed by atoms with Gasteiger partial charge in [0.25, 0.3) is 5.69 Å². The quantitative estimate of drug-likeness (QED) is 0.106. The van der Waals surface area contributed by atoms with Crippen LogP contribution in [0.4, 0.5) is 10.5 Å². The molecule has 1 aromatic carbocycles. The topological polar surface area (TPSA) is 97.1 Å². The summed E-state index contributed by atoms with van der Waals surface area (Å²) in [5.74, 6) is -0.888. The van der Waals surface area contributed by atoms with Crippen LogP contribution in [0.15, 0.2) is 24.3 Å². The van der Waals surface area contributed by atoms with Crippen molar-refractivity contribution < 1.29 is 28.7 Å². The average molecular weight is 397 g/mol. The predicted octanol–water partition coefficient (Wildman–Crippen LogP) is 5.24. The molecule has 0 atom stereocenters. The van der Waals surface area contributed by atoms with E-state index in [1.165, 1.54) is 24.3 Å². The molecule has 158 valence electrons. The highest BCUT2D eigenvalue weighted by Crippen LogP contribution is 2.19. The molecule has 28 heavy (non-hydrogen) atoms. The van der Waals surface area contributed by atoms with E-state index in [9.17, 15) is 14.9 Å². The number of non-ortho nitro benzene ring substituents is 1. The van der Waals surface area contributed by atoms with Gasteiger partial charge in [0.15, 0.2) is 5.79 Å². The van der Waals surface area contributed by atoms with Gasteiger partial charge in [0.05, 0.1) is 18.1 Å². The minimum Gasteiger partial charge on any atom is -0.428 e. The zero-order chi connectivity index (χ0) is 20.8. The van der Waals surface area contributed by atoms with Crippen molar-refractivity contribution in [2.45, 2.75) is 65.1 Å². The van der Waals surface area contributed by atoms with E-state index >= 15 is 0 Å². The summed E-state index contributed by atoms with van der Waals surface area (Å²) in [5, 5.41) is 10.6. The fourth-order valence-electron chi connectivity index (χ4n) is 2.36. The predicted molar refractivity (Wildman–Crippen MR) is 104 cm³/mol. The fourth-order valence-corrected chi connectivity index (χ4v) is 2.36. The standard InChI is InChI=1S/C20H31NO7/c1-4-6-8-14-26-20(3,27-15-9-7-5-2)16-25-19(22)28-18-12-10-17(11-13-18)21(23)24/h10-13H,4-9,14-16H2,1-3H3. The van der Waals surface area contributed by atoms with Gasteiger partial charge < -0.3 is 18.9 Å². The Labute approximate surface area is 166 Å². The van der Waals surface area contributed by atoms with Crippen molar-refractivity contribution in [3.05, 3.63) is 34.4 Å². The van der Waals surface area contributed by atoms with Crippen molar-refractivity contribution in [3.63, 3.8) is 0 Å². The van der Waals surface area contributed by atoms with Crippen LogP contribution in [0, 0.1) is 10.1 Å². The number of hydrogen-bond acceptors (Lipinski definition) is 7. The molecule has 0 aliphatic heterocycles. The second-order valence-electron chi connectivity index (χ2n) is 6.64. The molecular weight excluding hydrogens is 366 g/mol. The maximum atomic E-state index is 11.9. The lowest BCUT2D eigenvalue weighted by Crippen LogP contribution is -2.39. The number of ether oxygens (including phenoxy) is 4. The van der Waals surface area contributed by atoms with E-state index in [4.69, 9.17) is 18.9 Å². The number of carbonyl (C=O) groups excluding carboxylic acids is 1. The third-order valence-electron chi connectivity index (χ3n) is 4.01. The van der Waals surface area contributed by atoms with Gasteiger partial charge in [-0.1, -0.05) is 39.5 Å². The molecular formula is C20H31NO7. The number of hydrogen-bond donors (Lipinski definition) is 0. The Kier molecular flexibility index (Phi) is 11.1. The molecule has 0 aliphatic rings. The molecule has 0 saturated heterocycles. The van der Waals surface area contributed by atoms with E-state index in [1.54, 1.807) is 6.92 Å². The lowest BCUT2D eigenvalue weighted by molar-refractivity contribution is -0.384. The van der Waals surface area contributed by atoms with Crippen LogP contribution < -0.4 is 4.74 Å². The highest BCUT2D eigenvalue weighted by molar-refractivity contribution is 5.64. The number of rotatable bonds is 14. The van der Waals surface area contributed by atoms with Gasteiger partial charge in [0, 0.05) is 12.1 Å². The number of nitro benzene ring substituents is 1. The Morgan fingerprint density at radius 3 is 2.00 bits per heavy atom. The van der Waals surface area contributed by atoms with Gasteiger partial charge >= 0.3 is 6.16 Å². The molecule has 1 rings (SSSR count). The molecule has 0 bridgehead atoms. The van der Waals surface area contributed by atoms with E-state index in [0.29, 0.717) is 13.2 Å². The molecule has 8 nitrogen and oxygen atoms in total. The van der Waals surface area contributed by atoms with E-state index in [-0.39, 0.29) is 18.0 Å². The molecule has 0 aliphatic carbocycles. The summed E-state index contributed by atoms with van der Waals surface area (Å²) in [7, 11) is 0. The first kappa shape index (κ1) is 23.8. The molecule has 1 aromatic rings. The molecule has 0 radical (unpaired) electrons. The van der Waals surface area contributed by atoms with Crippen LogP contribution >= 0.6 is 0 Å². The van der Waals surface area contributed by atoms with Gasteiger partial charge in [-0.3, -0.25) is 10.1 Å². The lowest BCUT2D eigenvalue weighted by atomic mass is 10.2. The summed E-state index contributed by atoms with van der Waals surface area (Å²) >= 11 is 0. The van der Waals surface area contributed by atoms with Crippen LogP contribution in [0.1, 0.15) is 59.3 Å². The molecule has 0 heterocycles. The first-order valence-corrected chi connectivity index (χ1v) is 9.77. The summed E-state index contributed by atoms with van der Waals surface area (Å²) in [5.41, 5.74) is -0.0887. The number of carbonyl (C=O) groups is 1. The summed E-state index contributed by atoms with van der Waals surface area (Å²) in [4.78, 5) is 22.1. The van der Waals surface area contributed by atoms with E-state index < -0.39 is 16.9 Å². The summed E-state index contributed by atoms with van der Waals surface area (Å²) < 4.78 is 21.8. The molecule has 0 N–H and O–H groups in total. The second kappa shape index (κ2) is 13.1. The minimum absolute atomic E-state index is 0.0887. The normalized spacial score (nSPS) is 11.2. The molecule has 0 fully saturated rings. The third kappa shape index (κ3) is 9.66. The Hall–Kier alpha value is -2.19. The molecule has 8 heteroatoms.